The van der Waals surface area contributed by atoms with Crippen molar-refractivity contribution in [2.24, 2.45) is 0 Å². The van der Waals surface area contributed by atoms with Gasteiger partial charge in [0.25, 0.3) is 11.8 Å². The maximum atomic E-state index is 12.6. The molecule has 0 bridgehead atoms. The fourth-order valence-electron chi connectivity index (χ4n) is 3.06. The highest BCUT2D eigenvalue weighted by atomic mass is 35.5. The van der Waals surface area contributed by atoms with Crippen LogP contribution in [0.2, 0.25) is 5.02 Å². The molecule has 10 heteroatoms. The summed E-state index contributed by atoms with van der Waals surface area (Å²) in [5.41, 5.74) is 1.64. The van der Waals surface area contributed by atoms with Crippen molar-refractivity contribution < 1.29 is 23.2 Å². The van der Waals surface area contributed by atoms with Crippen LogP contribution in [0.4, 0.5) is 11.4 Å². The Morgan fingerprint density at radius 1 is 0.941 bits per heavy atom. The molecule has 4 rings (SSSR count). The van der Waals surface area contributed by atoms with Gasteiger partial charge in [0.2, 0.25) is 0 Å². The van der Waals surface area contributed by atoms with Crippen LogP contribution in [0.15, 0.2) is 81.8 Å². The minimum Gasteiger partial charge on any atom is -0.495 e. The van der Waals surface area contributed by atoms with Crippen LogP contribution >= 0.6 is 23.8 Å². The number of furan rings is 2. The molecule has 8 nitrogen and oxygen atoms in total. The van der Waals surface area contributed by atoms with E-state index >= 15 is 0 Å². The van der Waals surface area contributed by atoms with Gasteiger partial charge in [-0.3, -0.25) is 14.9 Å². The molecule has 0 spiro atoms. The van der Waals surface area contributed by atoms with Crippen LogP contribution in [-0.4, -0.2) is 24.0 Å². The van der Waals surface area contributed by atoms with Crippen molar-refractivity contribution in [1.82, 2.24) is 5.32 Å². The van der Waals surface area contributed by atoms with Crippen molar-refractivity contribution in [2.75, 3.05) is 17.7 Å². The molecular weight excluding hydrogens is 478 g/mol. The molecule has 0 aliphatic heterocycles. The third kappa shape index (κ3) is 5.45. The lowest BCUT2D eigenvalue weighted by atomic mass is 10.2. The van der Waals surface area contributed by atoms with E-state index in [0.29, 0.717) is 27.9 Å². The molecule has 2 aromatic carbocycles. The molecule has 3 N–H and O–H groups in total. The number of hydrogen-bond donors (Lipinski definition) is 3. The molecule has 34 heavy (non-hydrogen) atoms. The molecular formula is C24H18ClN3O5S. The number of benzene rings is 2. The number of thiocarbonyl (C=S) groups is 1. The molecule has 0 aliphatic rings. The lowest BCUT2D eigenvalue weighted by Crippen LogP contribution is -2.34. The van der Waals surface area contributed by atoms with E-state index < -0.39 is 11.8 Å². The molecule has 2 aromatic heterocycles. The second-order valence-corrected chi connectivity index (χ2v) is 7.77. The number of amides is 2. The van der Waals surface area contributed by atoms with E-state index in [1.54, 1.807) is 60.7 Å². The number of anilines is 2. The Balaban J connectivity index is 1.43. The van der Waals surface area contributed by atoms with E-state index in [9.17, 15) is 9.59 Å². The zero-order valence-electron chi connectivity index (χ0n) is 17.8. The Hall–Kier alpha value is -4.08. The van der Waals surface area contributed by atoms with Crippen molar-refractivity contribution in [1.29, 1.82) is 0 Å². The summed E-state index contributed by atoms with van der Waals surface area (Å²) in [6.07, 6.45) is 1.41. The first-order valence-corrected chi connectivity index (χ1v) is 10.7. The first-order chi connectivity index (χ1) is 16.4. The molecule has 0 aliphatic carbocycles. The van der Waals surface area contributed by atoms with Crippen molar-refractivity contribution in [3.05, 3.63) is 89.5 Å². The minimum atomic E-state index is -0.535. The maximum Gasteiger partial charge on any atom is 0.293 e. The van der Waals surface area contributed by atoms with Gasteiger partial charge in [-0.15, -0.1) is 0 Å². The van der Waals surface area contributed by atoms with Gasteiger partial charge in [-0.05, 0) is 66.8 Å². The van der Waals surface area contributed by atoms with Crippen LogP contribution in [0.3, 0.4) is 0 Å². The van der Waals surface area contributed by atoms with Crippen molar-refractivity contribution in [3.8, 4) is 17.1 Å². The number of halogens is 1. The standard InChI is InChI=1S/C24H18ClN3O5S/c1-31-19-8-7-16(26-22(29)20-6-3-11-32-20)13-17(19)27-24(34)28-23(30)21-10-9-18(33-21)14-4-2-5-15(25)12-14/h2-13H,1H3,(H,26,29)(H2,27,28,30,34). The number of ether oxygens (including phenoxy) is 1. The zero-order chi connectivity index (χ0) is 24.1. The summed E-state index contributed by atoms with van der Waals surface area (Å²) in [6, 6.07) is 18.4. The predicted octanol–water partition coefficient (Wildman–Crippen LogP) is 5.58. The van der Waals surface area contributed by atoms with Crippen LogP contribution in [0.1, 0.15) is 21.1 Å². The smallest absolute Gasteiger partial charge is 0.293 e. The molecule has 0 unspecified atom stereocenters. The van der Waals surface area contributed by atoms with Crippen LogP contribution < -0.4 is 20.7 Å². The van der Waals surface area contributed by atoms with Crippen LogP contribution in [0, 0.1) is 0 Å². The third-order valence-electron chi connectivity index (χ3n) is 4.62. The summed E-state index contributed by atoms with van der Waals surface area (Å²) in [7, 11) is 1.49. The fraction of sp³-hybridized carbons (Fsp3) is 0.0417. The molecule has 172 valence electrons. The molecule has 2 amide bonds. The first kappa shape index (κ1) is 23.1. The number of methoxy groups -OCH3 is 1. The normalized spacial score (nSPS) is 10.4. The van der Waals surface area contributed by atoms with E-state index in [2.05, 4.69) is 16.0 Å². The number of carbonyl (C=O) groups excluding carboxylic acids is 2. The molecule has 0 radical (unpaired) electrons. The van der Waals surface area contributed by atoms with Gasteiger partial charge in [0.1, 0.15) is 11.5 Å². The van der Waals surface area contributed by atoms with Gasteiger partial charge < -0.3 is 24.2 Å². The number of nitrogens with one attached hydrogen (secondary N) is 3. The Morgan fingerprint density at radius 2 is 1.79 bits per heavy atom. The average molecular weight is 496 g/mol. The predicted molar refractivity (Wildman–Crippen MR) is 132 cm³/mol. The van der Waals surface area contributed by atoms with E-state index in [1.165, 1.54) is 13.4 Å². The SMILES string of the molecule is COc1ccc(NC(=O)c2ccco2)cc1NC(=S)NC(=O)c1ccc(-c2cccc(Cl)c2)o1. The number of carbonyl (C=O) groups is 2. The van der Waals surface area contributed by atoms with Crippen LogP contribution in [0.5, 0.6) is 5.75 Å². The van der Waals surface area contributed by atoms with E-state index in [4.69, 9.17) is 37.4 Å². The molecule has 2 heterocycles. The quantitative estimate of drug-likeness (QED) is 0.300. The second kappa shape index (κ2) is 10.2. The lowest BCUT2D eigenvalue weighted by molar-refractivity contribution is 0.0950. The molecule has 0 saturated carbocycles. The Kier molecular flexibility index (Phi) is 6.95. The van der Waals surface area contributed by atoms with Gasteiger partial charge in [-0.25, -0.2) is 0 Å². The number of hydrogen-bond acceptors (Lipinski definition) is 6. The Labute approximate surface area is 204 Å². The van der Waals surface area contributed by atoms with Gasteiger partial charge in [0.15, 0.2) is 16.6 Å². The van der Waals surface area contributed by atoms with Crippen molar-refractivity contribution >= 4 is 52.1 Å². The fourth-order valence-corrected chi connectivity index (χ4v) is 3.45. The summed E-state index contributed by atoms with van der Waals surface area (Å²) >= 11 is 11.3. The Morgan fingerprint density at radius 3 is 2.53 bits per heavy atom. The topological polar surface area (TPSA) is 106 Å². The summed E-state index contributed by atoms with van der Waals surface area (Å²) < 4.78 is 16.1. The van der Waals surface area contributed by atoms with Crippen LogP contribution in [-0.2, 0) is 0 Å². The largest absolute Gasteiger partial charge is 0.495 e. The lowest BCUT2D eigenvalue weighted by Gasteiger charge is -2.14. The van der Waals surface area contributed by atoms with Gasteiger partial charge in [0, 0.05) is 16.3 Å². The summed E-state index contributed by atoms with van der Waals surface area (Å²) in [6.45, 7) is 0. The highest BCUT2D eigenvalue weighted by Gasteiger charge is 2.16. The van der Waals surface area contributed by atoms with Crippen molar-refractivity contribution in [3.63, 3.8) is 0 Å². The summed E-state index contributed by atoms with van der Waals surface area (Å²) in [5.74, 6) is 0.244. The van der Waals surface area contributed by atoms with Gasteiger partial charge >= 0.3 is 0 Å². The summed E-state index contributed by atoms with van der Waals surface area (Å²) in [4.78, 5) is 24.8. The van der Waals surface area contributed by atoms with Gasteiger partial charge in [-0.2, -0.15) is 0 Å². The number of rotatable bonds is 6. The Bertz CT molecular complexity index is 1350. The zero-order valence-corrected chi connectivity index (χ0v) is 19.3. The highest BCUT2D eigenvalue weighted by molar-refractivity contribution is 7.80. The van der Waals surface area contributed by atoms with E-state index in [1.807, 2.05) is 6.07 Å². The molecule has 4 aromatic rings. The third-order valence-corrected chi connectivity index (χ3v) is 5.06. The van der Waals surface area contributed by atoms with Gasteiger partial charge in [-0.1, -0.05) is 23.7 Å². The van der Waals surface area contributed by atoms with Gasteiger partial charge in [0.05, 0.1) is 19.1 Å². The first-order valence-electron chi connectivity index (χ1n) is 9.94. The van der Waals surface area contributed by atoms with E-state index in [0.717, 1.165) is 5.56 Å². The summed E-state index contributed by atoms with van der Waals surface area (Å²) in [5, 5.41) is 8.74. The van der Waals surface area contributed by atoms with Crippen LogP contribution in [0.25, 0.3) is 11.3 Å². The molecule has 0 fully saturated rings. The second-order valence-electron chi connectivity index (χ2n) is 6.93. The maximum absolute atomic E-state index is 12.6. The van der Waals surface area contributed by atoms with Crippen molar-refractivity contribution in [2.45, 2.75) is 0 Å². The molecule has 0 atom stereocenters. The molecule has 0 saturated heterocycles. The highest BCUT2D eigenvalue weighted by Crippen LogP contribution is 2.28. The monoisotopic (exact) mass is 495 g/mol. The minimum absolute atomic E-state index is 0.0125. The van der Waals surface area contributed by atoms with E-state index in [-0.39, 0.29) is 16.6 Å². The average Bonchev–Trinajstić information content (AvgIpc) is 3.52.